The molecule has 1 aromatic heterocycles. The Morgan fingerprint density at radius 1 is 1.12 bits per heavy atom. The standard InChI is InChI=1S/C23H23ClN4O4/c1-13-12-27(22(30)14-3-5-15(25)6-4-14)9-10-28(13)23(31)21(29)16-11-26-20-17(24)7-8-18(32-2)19(16)20/h3-8,11,13,26H,9-10,12,25H2,1-2H3/t13-/m1/s1. The molecule has 3 aromatic rings. The first-order valence-corrected chi connectivity index (χ1v) is 10.5. The average Bonchev–Trinajstić information content (AvgIpc) is 3.24. The SMILES string of the molecule is COc1ccc(Cl)c2[nH]cc(C(=O)C(=O)N3CCN(C(=O)c4ccc(N)cc4)C[C@H]3C)c12. The van der Waals surface area contributed by atoms with E-state index in [-0.39, 0.29) is 24.1 Å². The van der Waals surface area contributed by atoms with Crippen molar-refractivity contribution in [2.45, 2.75) is 13.0 Å². The number of nitrogen functional groups attached to an aromatic ring is 1. The van der Waals surface area contributed by atoms with E-state index < -0.39 is 11.7 Å². The van der Waals surface area contributed by atoms with Gasteiger partial charge in [0.25, 0.3) is 17.6 Å². The molecule has 1 aliphatic heterocycles. The molecule has 2 aromatic carbocycles. The minimum absolute atomic E-state index is 0.133. The number of hydrogen-bond acceptors (Lipinski definition) is 5. The topological polar surface area (TPSA) is 109 Å². The number of ketones is 1. The van der Waals surface area contributed by atoms with Gasteiger partial charge in [0.15, 0.2) is 0 Å². The minimum Gasteiger partial charge on any atom is -0.496 e. The number of methoxy groups -OCH3 is 1. The summed E-state index contributed by atoms with van der Waals surface area (Å²) in [6.45, 7) is 2.73. The highest BCUT2D eigenvalue weighted by molar-refractivity contribution is 6.46. The zero-order valence-electron chi connectivity index (χ0n) is 17.7. The molecular formula is C23H23ClN4O4. The smallest absolute Gasteiger partial charge is 0.295 e. The van der Waals surface area contributed by atoms with Crippen LogP contribution in [0.3, 0.4) is 0 Å². The quantitative estimate of drug-likeness (QED) is 0.358. The Bertz CT molecular complexity index is 1200. The molecule has 0 bridgehead atoms. The maximum Gasteiger partial charge on any atom is 0.295 e. The predicted molar refractivity (Wildman–Crippen MR) is 122 cm³/mol. The van der Waals surface area contributed by atoms with Gasteiger partial charge < -0.3 is 25.3 Å². The number of nitrogens with zero attached hydrogens (tertiary/aromatic N) is 2. The molecule has 1 atom stereocenters. The summed E-state index contributed by atoms with van der Waals surface area (Å²) in [5, 5.41) is 0.902. The van der Waals surface area contributed by atoms with Crippen LogP contribution in [0.5, 0.6) is 5.75 Å². The van der Waals surface area contributed by atoms with Gasteiger partial charge in [0, 0.05) is 43.1 Å². The molecule has 1 saturated heterocycles. The number of amides is 2. The van der Waals surface area contributed by atoms with E-state index in [0.29, 0.717) is 46.0 Å². The molecular weight excluding hydrogens is 432 g/mol. The van der Waals surface area contributed by atoms with Crippen molar-refractivity contribution in [2.24, 2.45) is 0 Å². The summed E-state index contributed by atoms with van der Waals surface area (Å²) < 4.78 is 5.36. The van der Waals surface area contributed by atoms with E-state index in [1.165, 1.54) is 18.2 Å². The van der Waals surface area contributed by atoms with Crippen molar-refractivity contribution in [3.05, 3.63) is 58.7 Å². The number of halogens is 1. The number of nitrogens with one attached hydrogen (secondary N) is 1. The Hall–Kier alpha value is -3.52. The Morgan fingerprint density at radius 2 is 1.84 bits per heavy atom. The van der Waals surface area contributed by atoms with Gasteiger partial charge >= 0.3 is 0 Å². The third-order valence-corrected chi connectivity index (χ3v) is 6.05. The van der Waals surface area contributed by atoms with Gasteiger partial charge in [-0.3, -0.25) is 14.4 Å². The third kappa shape index (κ3) is 3.78. The Morgan fingerprint density at radius 3 is 2.50 bits per heavy atom. The van der Waals surface area contributed by atoms with Gasteiger partial charge in [-0.1, -0.05) is 11.6 Å². The first-order valence-electron chi connectivity index (χ1n) is 10.2. The second kappa shape index (κ2) is 8.55. The number of H-pyrrole nitrogens is 1. The molecule has 0 aliphatic carbocycles. The number of carbonyl (C=O) groups excluding carboxylic acids is 3. The van der Waals surface area contributed by atoms with Crippen LogP contribution in [0.4, 0.5) is 5.69 Å². The molecule has 2 heterocycles. The maximum atomic E-state index is 13.1. The van der Waals surface area contributed by atoms with Gasteiger partial charge in [-0.25, -0.2) is 0 Å². The Kier molecular flexibility index (Phi) is 5.80. The summed E-state index contributed by atoms with van der Waals surface area (Å²) in [6.07, 6.45) is 1.48. The fourth-order valence-electron chi connectivity index (χ4n) is 4.03. The lowest BCUT2D eigenvalue weighted by molar-refractivity contribution is -0.130. The number of benzene rings is 2. The van der Waals surface area contributed by atoms with E-state index in [0.717, 1.165) is 0 Å². The zero-order chi connectivity index (χ0) is 23.0. The number of anilines is 1. The Labute approximate surface area is 189 Å². The monoisotopic (exact) mass is 454 g/mol. The number of fused-ring (bicyclic) bond motifs is 1. The van der Waals surface area contributed by atoms with Crippen LogP contribution in [0.2, 0.25) is 5.02 Å². The first kappa shape index (κ1) is 21.7. The lowest BCUT2D eigenvalue weighted by Crippen LogP contribution is -2.56. The van der Waals surface area contributed by atoms with E-state index in [2.05, 4.69) is 4.98 Å². The zero-order valence-corrected chi connectivity index (χ0v) is 18.5. The third-order valence-electron chi connectivity index (χ3n) is 5.74. The van der Waals surface area contributed by atoms with Crippen molar-refractivity contribution in [3.63, 3.8) is 0 Å². The second-order valence-corrected chi connectivity index (χ2v) is 8.16. The van der Waals surface area contributed by atoms with Gasteiger partial charge in [0.1, 0.15) is 5.75 Å². The number of aromatic amines is 1. The van der Waals surface area contributed by atoms with Crippen LogP contribution in [0, 0.1) is 0 Å². The molecule has 4 rings (SSSR count). The number of piperazine rings is 1. The van der Waals surface area contributed by atoms with Crippen molar-refractivity contribution >= 4 is 45.8 Å². The fraction of sp³-hybridized carbons (Fsp3) is 0.261. The number of hydrogen-bond donors (Lipinski definition) is 2. The Balaban J connectivity index is 1.52. The first-order chi connectivity index (χ1) is 15.3. The minimum atomic E-state index is -0.651. The van der Waals surface area contributed by atoms with E-state index >= 15 is 0 Å². The summed E-state index contributed by atoms with van der Waals surface area (Å²) in [5.41, 5.74) is 7.55. The van der Waals surface area contributed by atoms with Gasteiger partial charge in [0.2, 0.25) is 0 Å². The normalized spacial score (nSPS) is 16.3. The largest absolute Gasteiger partial charge is 0.496 e. The van der Waals surface area contributed by atoms with Crippen molar-refractivity contribution in [3.8, 4) is 5.75 Å². The number of rotatable bonds is 4. The molecule has 1 aliphatic rings. The van der Waals surface area contributed by atoms with E-state index in [1.807, 2.05) is 6.92 Å². The highest BCUT2D eigenvalue weighted by Crippen LogP contribution is 2.34. The average molecular weight is 455 g/mol. The molecule has 166 valence electrons. The van der Waals surface area contributed by atoms with Gasteiger partial charge in [-0.2, -0.15) is 0 Å². The van der Waals surface area contributed by atoms with Crippen LogP contribution < -0.4 is 10.5 Å². The molecule has 8 nitrogen and oxygen atoms in total. The van der Waals surface area contributed by atoms with E-state index in [4.69, 9.17) is 22.1 Å². The highest BCUT2D eigenvalue weighted by Gasteiger charge is 2.34. The predicted octanol–water partition coefficient (Wildman–Crippen LogP) is 2.97. The highest BCUT2D eigenvalue weighted by atomic mass is 35.5. The molecule has 0 unspecified atom stereocenters. The molecule has 32 heavy (non-hydrogen) atoms. The van der Waals surface area contributed by atoms with Crippen LogP contribution >= 0.6 is 11.6 Å². The molecule has 1 fully saturated rings. The molecule has 9 heteroatoms. The number of nitrogens with two attached hydrogens (primary N) is 1. The summed E-state index contributed by atoms with van der Waals surface area (Å²) in [4.78, 5) is 45.1. The lowest BCUT2D eigenvalue weighted by atomic mass is 10.1. The summed E-state index contributed by atoms with van der Waals surface area (Å²) in [5.74, 6) is -0.956. The fourth-order valence-corrected chi connectivity index (χ4v) is 4.24. The second-order valence-electron chi connectivity index (χ2n) is 7.75. The van der Waals surface area contributed by atoms with Crippen molar-refractivity contribution in [2.75, 3.05) is 32.5 Å². The molecule has 3 N–H and O–H groups in total. The molecule has 0 spiro atoms. The number of Topliss-reactive ketones (excluding diaryl/α,β-unsaturated/α-hetero) is 1. The van der Waals surface area contributed by atoms with Crippen LogP contribution in [-0.2, 0) is 4.79 Å². The van der Waals surface area contributed by atoms with Crippen molar-refractivity contribution < 1.29 is 19.1 Å². The van der Waals surface area contributed by atoms with Gasteiger partial charge in [-0.15, -0.1) is 0 Å². The molecule has 2 amide bonds. The summed E-state index contributed by atoms with van der Waals surface area (Å²) in [6, 6.07) is 9.71. The van der Waals surface area contributed by atoms with Gasteiger partial charge in [0.05, 0.1) is 28.6 Å². The number of aromatic nitrogens is 1. The van der Waals surface area contributed by atoms with Crippen molar-refractivity contribution in [1.82, 2.24) is 14.8 Å². The van der Waals surface area contributed by atoms with Crippen molar-refractivity contribution in [1.29, 1.82) is 0 Å². The number of carbonyl (C=O) groups is 3. The molecule has 0 radical (unpaired) electrons. The molecule has 0 saturated carbocycles. The van der Waals surface area contributed by atoms with Crippen LogP contribution in [0.15, 0.2) is 42.6 Å². The van der Waals surface area contributed by atoms with Crippen LogP contribution in [0.25, 0.3) is 10.9 Å². The maximum absolute atomic E-state index is 13.1. The van der Waals surface area contributed by atoms with E-state index in [9.17, 15) is 14.4 Å². The summed E-state index contributed by atoms with van der Waals surface area (Å²) >= 11 is 6.22. The summed E-state index contributed by atoms with van der Waals surface area (Å²) in [7, 11) is 1.49. The van der Waals surface area contributed by atoms with Crippen LogP contribution in [0.1, 0.15) is 27.6 Å². The lowest BCUT2D eigenvalue weighted by Gasteiger charge is -2.39. The van der Waals surface area contributed by atoms with Crippen LogP contribution in [-0.4, -0.2) is 65.2 Å². The number of ether oxygens (including phenoxy) is 1. The van der Waals surface area contributed by atoms with Gasteiger partial charge in [-0.05, 0) is 43.3 Å². The van der Waals surface area contributed by atoms with E-state index in [1.54, 1.807) is 41.3 Å².